The van der Waals surface area contributed by atoms with Gasteiger partial charge in [0.05, 0.1) is 6.04 Å². The van der Waals surface area contributed by atoms with Crippen LogP contribution in [0.2, 0.25) is 0 Å². The Bertz CT molecular complexity index is 1010. The smallest absolute Gasteiger partial charge is 0.192 e. The van der Waals surface area contributed by atoms with Crippen molar-refractivity contribution in [2.24, 2.45) is 4.99 Å². The van der Waals surface area contributed by atoms with E-state index >= 15 is 0 Å². The van der Waals surface area contributed by atoms with Gasteiger partial charge in [-0.25, -0.2) is 18.2 Å². The predicted molar refractivity (Wildman–Crippen MR) is 109 cm³/mol. The topological polar surface area (TPSA) is 36.4 Å². The summed E-state index contributed by atoms with van der Waals surface area (Å²) in [6.07, 6.45) is 0. The van der Waals surface area contributed by atoms with E-state index in [0.29, 0.717) is 18.1 Å². The number of hydrogen-bond acceptors (Lipinski definition) is 3. The zero-order valence-electron chi connectivity index (χ0n) is 15.3. The van der Waals surface area contributed by atoms with Crippen LogP contribution in [0.1, 0.15) is 28.8 Å². The number of aliphatic imine (C=N–C) groups is 1. The van der Waals surface area contributed by atoms with Crippen molar-refractivity contribution in [2.75, 3.05) is 0 Å². The number of benzene rings is 3. The van der Waals surface area contributed by atoms with Gasteiger partial charge in [-0.05, 0) is 53.1 Å². The molecule has 0 spiro atoms. The quantitative estimate of drug-likeness (QED) is 0.622. The maximum absolute atomic E-state index is 13.7. The van der Waals surface area contributed by atoms with Crippen molar-refractivity contribution in [1.82, 2.24) is 10.6 Å². The molecule has 29 heavy (non-hydrogen) atoms. The molecule has 0 aliphatic carbocycles. The van der Waals surface area contributed by atoms with Crippen LogP contribution in [-0.2, 0) is 6.54 Å². The van der Waals surface area contributed by atoms with Crippen molar-refractivity contribution in [2.45, 2.75) is 18.6 Å². The van der Waals surface area contributed by atoms with Gasteiger partial charge in [0.15, 0.2) is 5.96 Å². The summed E-state index contributed by atoms with van der Waals surface area (Å²) in [5.74, 6) is -0.464. The van der Waals surface area contributed by atoms with Crippen molar-refractivity contribution in [3.05, 3.63) is 107 Å². The molecule has 0 saturated heterocycles. The monoisotopic (exact) mass is 417 g/mol. The van der Waals surface area contributed by atoms with E-state index in [0.717, 1.165) is 11.1 Å². The lowest BCUT2D eigenvalue weighted by Gasteiger charge is -2.19. The Labute approximate surface area is 173 Å². The van der Waals surface area contributed by atoms with Gasteiger partial charge in [-0.1, -0.05) is 36.4 Å². The van der Waals surface area contributed by atoms with Crippen molar-refractivity contribution in [3.8, 4) is 0 Å². The maximum atomic E-state index is 13.7. The Morgan fingerprint density at radius 2 is 1.41 bits per heavy atom. The van der Waals surface area contributed by atoms with Crippen LogP contribution in [0.3, 0.4) is 0 Å². The van der Waals surface area contributed by atoms with Gasteiger partial charge in [-0.15, -0.1) is 12.4 Å². The highest BCUT2D eigenvalue weighted by atomic mass is 35.5. The number of nitrogens with one attached hydrogen (secondary N) is 2. The lowest BCUT2D eigenvalue weighted by atomic mass is 9.95. The van der Waals surface area contributed by atoms with Gasteiger partial charge in [-0.2, -0.15) is 0 Å². The number of halogens is 4. The molecular formula is C22H19ClF3N3. The molecule has 2 atom stereocenters. The molecular weight excluding hydrogens is 399 g/mol. The summed E-state index contributed by atoms with van der Waals surface area (Å²) in [7, 11) is 0. The molecule has 0 unspecified atom stereocenters. The summed E-state index contributed by atoms with van der Waals surface area (Å²) >= 11 is 0. The van der Waals surface area contributed by atoms with Gasteiger partial charge in [0, 0.05) is 6.54 Å². The maximum Gasteiger partial charge on any atom is 0.192 e. The second-order valence-electron chi connectivity index (χ2n) is 6.63. The van der Waals surface area contributed by atoms with Crippen LogP contribution in [0.4, 0.5) is 13.2 Å². The highest BCUT2D eigenvalue weighted by molar-refractivity contribution is 5.85. The van der Waals surface area contributed by atoms with E-state index in [1.807, 2.05) is 6.07 Å². The molecule has 3 nitrogen and oxygen atoms in total. The van der Waals surface area contributed by atoms with Gasteiger partial charge in [0.1, 0.15) is 23.5 Å². The molecule has 4 rings (SSSR count). The summed E-state index contributed by atoms with van der Waals surface area (Å²) in [4.78, 5) is 4.65. The Morgan fingerprint density at radius 3 is 2.07 bits per heavy atom. The fourth-order valence-electron chi connectivity index (χ4n) is 3.29. The van der Waals surface area contributed by atoms with Gasteiger partial charge >= 0.3 is 0 Å². The third kappa shape index (κ3) is 4.90. The number of rotatable bonds is 4. The van der Waals surface area contributed by atoms with Gasteiger partial charge in [0.2, 0.25) is 0 Å². The molecule has 3 aromatic rings. The molecule has 150 valence electrons. The Morgan fingerprint density at radius 1 is 0.793 bits per heavy atom. The van der Waals surface area contributed by atoms with E-state index in [-0.39, 0.29) is 35.9 Å². The zero-order valence-corrected chi connectivity index (χ0v) is 16.1. The number of nitrogens with zero attached hydrogens (tertiary/aromatic N) is 1. The zero-order chi connectivity index (χ0) is 19.5. The minimum Gasteiger partial charge on any atom is -0.352 e. The van der Waals surface area contributed by atoms with Gasteiger partial charge in [-0.3, -0.25) is 0 Å². The molecule has 1 heterocycles. The van der Waals surface area contributed by atoms with Crippen molar-refractivity contribution >= 4 is 18.4 Å². The van der Waals surface area contributed by atoms with Crippen molar-refractivity contribution in [3.63, 3.8) is 0 Å². The first-order chi connectivity index (χ1) is 13.6. The number of hydrogen-bond donors (Lipinski definition) is 2. The average Bonchev–Trinajstić information content (AvgIpc) is 3.12. The summed E-state index contributed by atoms with van der Waals surface area (Å²) in [6.45, 7) is 0.442. The van der Waals surface area contributed by atoms with Crippen LogP contribution < -0.4 is 10.6 Å². The average molecular weight is 418 g/mol. The van der Waals surface area contributed by atoms with Crippen LogP contribution in [0, 0.1) is 17.5 Å². The van der Waals surface area contributed by atoms with Crippen molar-refractivity contribution in [1.29, 1.82) is 0 Å². The van der Waals surface area contributed by atoms with Crippen LogP contribution in [0.15, 0.2) is 77.8 Å². The molecule has 0 bridgehead atoms. The molecule has 1 aliphatic heterocycles. The van der Waals surface area contributed by atoms with Crippen LogP contribution in [0.5, 0.6) is 0 Å². The summed E-state index contributed by atoms with van der Waals surface area (Å²) in [5.41, 5.74) is 2.30. The van der Waals surface area contributed by atoms with Gasteiger partial charge < -0.3 is 10.6 Å². The van der Waals surface area contributed by atoms with Crippen molar-refractivity contribution < 1.29 is 13.2 Å². The lowest BCUT2D eigenvalue weighted by Crippen LogP contribution is -2.35. The molecule has 0 fully saturated rings. The predicted octanol–water partition coefficient (Wildman–Crippen LogP) is 5.06. The van der Waals surface area contributed by atoms with E-state index in [1.54, 1.807) is 30.3 Å². The Balaban J connectivity index is 0.00000240. The molecule has 0 saturated carbocycles. The SMILES string of the molecule is Cl.Fc1ccc(CNC2=N[C@@H](c3cccc(F)c3)[C@@H](c3cccc(F)c3)N2)cc1. The third-order valence-electron chi connectivity index (χ3n) is 4.65. The van der Waals surface area contributed by atoms with E-state index in [9.17, 15) is 13.2 Å². The lowest BCUT2D eigenvalue weighted by molar-refractivity contribution is 0.554. The minimum atomic E-state index is -0.409. The fraction of sp³-hybridized carbons (Fsp3) is 0.136. The normalized spacial score (nSPS) is 17.8. The third-order valence-corrected chi connectivity index (χ3v) is 4.65. The van der Waals surface area contributed by atoms with Crippen LogP contribution in [0.25, 0.3) is 0 Å². The summed E-state index contributed by atoms with van der Waals surface area (Å²) < 4.78 is 40.5. The molecule has 3 aromatic carbocycles. The largest absolute Gasteiger partial charge is 0.352 e. The molecule has 0 amide bonds. The van der Waals surface area contributed by atoms with Crippen LogP contribution in [-0.4, -0.2) is 5.96 Å². The molecule has 1 aliphatic rings. The molecule has 0 aromatic heterocycles. The first-order valence-corrected chi connectivity index (χ1v) is 8.92. The van der Waals surface area contributed by atoms with E-state index in [2.05, 4.69) is 15.6 Å². The van der Waals surface area contributed by atoms with E-state index in [1.165, 1.54) is 36.4 Å². The first-order valence-electron chi connectivity index (χ1n) is 8.92. The Hall–Kier alpha value is -2.99. The summed E-state index contributed by atoms with van der Waals surface area (Å²) in [6, 6.07) is 17.9. The van der Waals surface area contributed by atoms with E-state index < -0.39 is 6.04 Å². The highest BCUT2D eigenvalue weighted by Gasteiger charge is 2.31. The van der Waals surface area contributed by atoms with E-state index in [4.69, 9.17) is 0 Å². The van der Waals surface area contributed by atoms with Gasteiger partial charge in [0.25, 0.3) is 0 Å². The minimum absolute atomic E-state index is 0. The molecule has 0 radical (unpaired) electrons. The second kappa shape index (κ2) is 9.01. The first kappa shape index (κ1) is 20.7. The summed E-state index contributed by atoms with van der Waals surface area (Å²) in [5, 5.41) is 6.43. The highest BCUT2D eigenvalue weighted by Crippen LogP contribution is 2.36. The standard InChI is InChI=1S/C22H18F3N3.ClH/c23-17-9-7-14(8-10-17)13-26-22-27-20(15-3-1-5-18(24)11-15)21(28-22)16-4-2-6-19(25)12-16;/h1-12,20-21H,13H2,(H2,26,27,28);1H/t20-,21+;. The number of guanidine groups is 1. The second-order valence-corrected chi connectivity index (χ2v) is 6.63. The molecule has 7 heteroatoms. The van der Waals surface area contributed by atoms with Crippen LogP contribution >= 0.6 is 12.4 Å². The fourth-order valence-corrected chi connectivity index (χ4v) is 3.29. The Kier molecular flexibility index (Phi) is 6.44. The molecule has 2 N–H and O–H groups in total.